The van der Waals surface area contributed by atoms with Gasteiger partial charge in [-0.05, 0) is 23.6 Å². The summed E-state index contributed by atoms with van der Waals surface area (Å²) in [4.78, 5) is 38.2. The van der Waals surface area contributed by atoms with Gasteiger partial charge in [0.15, 0.2) is 5.75 Å². The lowest BCUT2D eigenvalue weighted by atomic mass is 10.1. The Morgan fingerprint density at radius 3 is 2.50 bits per heavy atom. The fourth-order valence-electron chi connectivity index (χ4n) is 2.46. The largest absolute Gasteiger partial charge is 0.505 e. The number of rotatable bonds is 6. The van der Waals surface area contributed by atoms with Gasteiger partial charge in [-0.25, -0.2) is 0 Å². The van der Waals surface area contributed by atoms with Crippen molar-refractivity contribution in [2.24, 2.45) is 0 Å². The van der Waals surface area contributed by atoms with Crippen LogP contribution in [0.5, 0.6) is 5.75 Å². The fraction of sp³-hybridized carbons (Fsp3) is 0.167. The van der Waals surface area contributed by atoms with E-state index in [0.717, 1.165) is 4.88 Å². The molecule has 0 saturated heterocycles. The van der Waals surface area contributed by atoms with E-state index in [-0.39, 0.29) is 34.3 Å². The molecule has 2 aromatic carbocycles. The lowest BCUT2D eigenvalue weighted by Gasteiger charge is -2.17. The number of carbonyl (C=O) groups excluding carboxylic acids is 1. The van der Waals surface area contributed by atoms with Crippen LogP contribution in [0.4, 0.5) is 17.1 Å². The summed E-state index contributed by atoms with van der Waals surface area (Å²) < 4.78 is 0. The first kappa shape index (κ1) is 17.7. The average Bonchev–Trinajstić information content (AvgIpc) is 3.14. The molecule has 7 nitrogen and oxygen atoms in total. The number of nitrogens with zero attached hydrogens (tertiary/aromatic N) is 1. The second-order valence-electron chi connectivity index (χ2n) is 5.87. The van der Waals surface area contributed by atoms with Gasteiger partial charge in [-0.2, -0.15) is 0 Å². The number of para-hydroxylation sites is 1. The number of thiophene rings is 1. The van der Waals surface area contributed by atoms with E-state index in [1.165, 1.54) is 28.4 Å². The third kappa shape index (κ3) is 3.18. The second-order valence-corrected chi connectivity index (χ2v) is 6.90. The molecule has 3 rings (SSSR count). The smallest absolute Gasteiger partial charge is 0.257 e. The zero-order valence-electron chi connectivity index (χ0n) is 14.2. The first-order valence-electron chi connectivity index (χ1n) is 7.80. The Morgan fingerprint density at radius 1 is 1.12 bits per heavy atom. The number of aromatic hydroxyl groups is 1. The molecule has 1 amide bonds. The van der Waals surface area contributed by atoms with E-state index < -0.39 is 10.9 Å². The Morgan fingerprint density at radius 2 is 1.85 bits per heavy atom. The Kier molecular flexibility index (Phi) is 4.77. The molecular weight excluding hydrogens is 354 g/mol. The molecule has 0 fully saturated rings. The van der Waals surface area contributed by atoms with Gasteiger partial charge in [0.2, 0.25) is 0 Å². The third-order valence-corrected chi connectivity index (χ3v) is 4.74. The topological polar surface area (TPSA) is 98.7 Å². The van der Waals surface area contributed by atoms with Crippen LogP contribution in [0.1, 0.15) is 15.2 Å². The number of carbonyl (C=O) groups is 1. The molecule has 1 aromatic heterocycles. The number of amides is 1. The van der Waals surface area contributed by atoms with Crippen LogP contribution in [0.25, 0.3) is 0 Å². The normalized spacial score (nSPS) is 10.7. The van der Waals surface area contributed by atoms with Gasteiger partial charge in [-0.3, -0.25) is 14.4 Å². The maximum Gasteiger partial charge on any atom is 0.257 e. The number of phenols is 1. The van der Waals surface area contributed by atoms with E-state index in [2.05, 4.69) is 10.6 Å². The quantitative estimate of drug-likeness (QED) is 0.453. The molecule has 0 atom stereocenters. The number of nitrogens with one attached hydrogen (secondary N) is 2. The van der Waals surface area contributed by atoms with Crippen molar-refractivity contribution in [2.45, 2.75) is 6.54 Å². The Balaban J connectivity index is 1.85. The average molecular weight is 371 g/mol. The summed E-state index contributed by atoms with van der Waals surface area (Å²) >= 11 is 1.53. The predicted octanol–water partition coefficient (Wildman–Crippen LogP) is 2.11. The van der Waals surface area contributed by atoms with Gasteiger partial charge in [0.05, 0.1) is 11.3 Å². The van der Waals surface area contributed by atoms with E-state index >= 15 is 0 Å². The van der Waals surface area contributed by atoms with Crippen molar-refractivity contribution in [1.29, 1.82) is 0 Å². The fourth-order valence-corrected chi connectivity index (χ4v) is 3.11. The molecule has 0 radical (unpaired) electrons. The van der Waals surface area contributed by atoms with Crippen LogP contribution in [0.15, 0.2) is 45.3 Å². The Labute approximate surface area is 153 Å². The number of anilines is 3. The zero-order valence-corrected chi connectivity index (χ0v) is 15.0. The van der Waals surface area contributed by atoms with E-state index in [1.807, 2.05) is 17.5 Å². The van der Waals surface area contributed by atoms with Gasteiger partial charge in [0, 0.05) is 25.5 Å². The van der Waals surface area contributed by atoms with Gasteiger partial charge >= 0.3 is 0 Å². The van der Waals surface area contributed by atoms with Gasteiger partial charge in [-0.15, -0.1) is 11.3 Å². The maximum atomic E-state index is 12.1. The van der Waals surface area contributed by atoms with E-state index in [1.54, 1.807) is 20.2 Å². The molecule has 0 unspecified atom stereocenters. The molecule has 26 heavy (non-hydrogen) atoms. The van der Waals surface area contributed by atoms with Gasteiger partial charge in [-0.1, -0.05) is 12.1 Å². The van der Waals surface area contributed by atoms with Crippen molar-refractivity contribution in [2.75, 3.05) is 24.7 Å². The molecule has 0 aliphatic carbocycles. The van der Waals surface area contributed by atoms with Crippen LogP contribution in [0, 0.1) is 0 Å². The number of hydrogen-bond donors (Lipinski definition) is 3. The highest BCUT2D eigenvalue weighted by Crippen LogP contribution is 2.32. The number of benzene rings is 1. The molecule has 3 aromatic rings. The van der Waals surface area contributed by atoms with Crippen molar-refractivity contribution in [3.8, 4) is 5.75 Å². The molecular formula is C18H17N3O4S. The third-order valence-electron chi connectivity index (χ3n) is 3.86. The summed E-state index contributed by atoms with van der Waals surface area (Å²) in [5.41, 5.74) is -0.731. The molecule has 134 valence electrons. The highest BCUT2D eigenvalue weighted by atomic mass is 32.1. The lowest BCUT2D eigenvalue weighted by molar-refractivity contribution is 0.0824. The molecule has 0 aliphatic heterocycles. The number of phenolic OH excluding ortho intramolecular Hbond substituents is 1. The summed E-state index contributed by atoms with van der Waals surface area (Å²) in [6, 6.07) is 8.42. The summed E-state index contributed by atoms with van der Waals surface area (Å²) in [5, 5.41) is 18.0. The zero-order chi connectivity index (χ0) is 18.8. The summed E-state index contributed by atoms with van der Waals surface area (Å²) in [7, 11) is 3.15. The van der Waals surface area contributed by atoms with Crippen molar-refractivity contribution in [1.82, 2.24) is 4.90 Å². The maximum absolute atomic E-state index is 12.1. The van der Waals surface area contributed by atoms with Crippen LogP contribution in [0.3, 0.4) is 0 Å². The minimum absolute atomic E-state index is 0.0799. The van der Waals surface area contributed by atoms with E-state index in [9.17, 15) is 19.5 Å². The van der Waals surface area contributed by atoms with Crippen molar-refractivity contribution in [3.63, 3.8) is 0 Å². The minimum atomic E-state index is -0.664. The van der Waals surface area contributed by atoms with Gasteiger partial charge in [0.25, 0.3) is 16.8 Å². The van der Waals surface area contributed by atoms with Gasteiger partial charge < -0.3 is 20.6 Å². The molecule has 0 aliphatic rings. The van der Waals surface area contributed by atoms with Crippen LogP contribution in [-0.4, -0.2) is 30.0 Å². The van der Waals surface area contributed by atoms with E-state index in [4.69, 9.17) is 0 Å². The molecule has 0 saturated carbocycles. The highest BCUT2D eigenvalue weighted by Gasteiger charge is 2.23. The second kappa shape index (κ2) is 7.01. The van der Waals surface area contributed by atoms with Crippen molar-refractivity contribution >= 4 is 34.3 Å². The summed E-state index contributed by atoms with van der Waals surface area (Å²) in [6.07, 6.45) is 0. The van der Waals surface area contributed by atoms with Crippen LogP contribution < -0.4 is 21.5 Å². The minimum Gasteiger partial charge on any atom is -0.505 e. The molecule has 1 heterocycles. The van der Waals surface area contributed by atoms with E-state index in [0.29, 0.717) is 6.54 Å². The summed E-state index contributed by atoms with van der Waals surface area (Å²) in [6.45, 7) is 0.419. The first-order chi connectivity index (χ1) is 12.4. The molecule has 0 bridgehead atoms. The molecule has 8 heteroatoms. The highest BCUT2D eigenvalue weighted by molar-refractivity contribution is 7.09. The van der Waals surface area contributed by atoms with Crippen LogP contribution in [0.2, 0.25) is 0 Å². The van der Waals surface area contributed by atoms with Crippen molar-refractivity contribution < 1.29 is 9.90 Å². The first-order valence-corrected chi connectivity index (χ1v) is 8.68. The molecule has 3 N–H and O–H groups in total. The summed E-state index contributed by atoms with van der Waals surface area (Å²) in [5.74, 6) is -0.643. The Hall–Kier alpha value is -3.13. The number of hydrogen-bond acceptors (Lipinski definition) is 7. The predicted molar refractivity (Wildman–Crippen MR) is 102 cm³/mol. The van der Waals surface area contributed by atoms with Crippen LogP contribution >= 0.6 is 11.3 Å². The lowest BCUT2D eigenvalue weighted by Crippen LogP contribution is -2.36. The SMILES string of the molecule is CN(C)C(=O)c1cccc(Nc2c(NCc3cccs3)c(=O)c2=O)c1O. The standard InChI is InChI=1S/C18H17N3O4S/c1-21(2)18(25)11-6-3-7-12(15(11)22)20-14-13(16(23)17(14)24)19-9-10-5-4-8-26-10/h3-8,19-20,22H,9H2,1-2H3. The Bertz CT molecular complexity index is 1020. The van der Waals surface area contributed by atoms with Crippen molar-refractivity contribution in [3.05, 3.63) is 66.6 Å². The molecule has 0 spiro atoms. The van der Waals surface area contributed by atoms with Crippen LogP contribution in [-0.2, 0) is 6.54 Å². The van der Waals surface area contributed by atoms with Gasteiger partial charge in [0.1, 0.15) is 11.4 Å². The monoisotopic (exact) mass is 371 g/mol.